The Morgan fingerprint density at radius 3 is 2.67 bits per heavy atom. The van der Waals surface area contributed by atoms with E-state index in [0.717, 1.165) is 25.8 Å². The lowest BCUT2D eigenvalue weighted by atomic mass is 10.1. The highest BCUT2D eigenvalue weighted by molar-refractivity contribution is 5.51. The maximum absolute atomic E-state index is 14.3. The molecule has 3 nitrogen and oxygen atoms in total. The fourth-order valence-corrected chi connectivity index (χ4v) is 2.77. The molecule has 1 aromatic rings. The summed E-state index contributed by atoms with van der Waals surface area (Å²) in [6.07, 6.45) is 2.87. The second kappa shape index (κ2) is 7.71. The molecule has 0 radical (unpaired) electrons. The van der Waals surface area contributed by atoms with Crippen molar-refractivity contribution in [2.75, 3.05) is 31.6 Å². The number of halogens is 2. The van der Waals surface area contributed by atoms with Gasteiger partial charge in [0.15, 0.2) is 0 Å². The van der Waals surface area contributed by atoms with Crippen LogP contribution in [0, 0.1) is 11.6 Å². The normalized spacial score (nSPS) is 19.0. The summed E-state index contributed by atoms with van der Waals surface area (Å²) in [6, 6.07) is 2.86. The zero-order valence-corrected chi connectivity index (χ0v) is 12.8. The number of benzene rings is 1. The minimum atomic E-state index is -0.486. The Labute approximate surface area is 125 Å². The van der Waals surface area contributed by atoms with Crippen LogP contribution < -0.4 is 10.2 Å². The number of nitrogens with one attached hydrogen (secondary N) is 1. The van der Waals surface area contributed by atoms with E-state index in [1.54, 1.807) is 12.0 Å². The van der Waals surface area contributed by atoms with Crippen LogP contribution in [0.5, 0.6) is 0 Å². The molecule has 1 fully saturated rings. The highest BCUT2D eigenvalue weighted by atomic mass is 19.1. The van der Waals surface area contributed by atoms with Crippen molar-refractivity contribution < 1.29 is 13.5 Å². The number of methoxy groups -OCH3 is 1. The summed E-state index contributed by atoms with van der Waals surface area (Å²) in [5, 5.41) is 3.15. The van der Waals surface area contributed by atoms with Gasteiger partial charge in [0.2, 0.25) is 0 Å². The molecule has 0 saturated carbocycles. The molecular weight excluding hydrogens is 274 g/mol. The Hall–Kier alpha value is -1.20. The fourth-order valence-electron chi connectivity index (χ4n) is 2.77. The van der Waals surface area contributed by atoms with Gasteiger partial charge in [0.25, 0.3) is 0 Å². The molecule has 5 heteroatoms. The smallest absolute Gasteiger partial charge is 0.149 e. The van der Waals surface area contributed by atoms with E-state index in [2.05, 4.69) is 12.2 Å². The summed E-state index contributed by atoms with van der Waals surface area (Å²) in [5.41, 5.74) is 0.721. The SMILES string of the molecule is CCCNCc1cc(F)c(N2CCCC(OC)C2)c(F)c1. The lowest BCUT2D eigenvalue weighted by molar-refractivity contribution is 0.0890. The molecule has 0 amide bonds. The van der Waals surface area contributed by atoms with E-state index in [1.165, 1.54) is 12.1 Å². The molecule has 1 N–H and O–H groups in total. The molecule has 2 rings (SSSR count). The summed E-state index contributed by atoms with van der Waals surface area (Å²) in [4.78, 5) is 1.76. The Kier molecular flexibility index (Phi) is 5.94. The Balaban J connectivity index is 2.12. The van der Waals surface area contributed by atoms with Crippen LogP contribution in [-0.2, 0) is 11.3 Å². The quantitative estimate of drug-likeness (QED) is 0.817. The van der Waals surface area contributed by atoms with Crippen molar-refractivity contribution in [1.29, 1.82) is 0 Å². The van der Waals surface area contributed by atoms with Crippen molar-refractivity contribution in [3.8, 4) is 0 Å². The van der Waals surface area contributed by atoms with E-state index in [9.17, 15) is 8.78 Å². The van der Waals surface area contributed by atoms with Crippen molar-refractivity contribution >= 4 is 5.69 Å². The van der Waals surface area contributed by atoms with E-state index in [-0.39, 0.29) is 11.8 Å². The number of hydrogen-bond acceptors (Lipinski definition) is 3. The van der Waals surface area contributed by atoms with E-state index < -0.39 is 11.6 Å². The predicted octanol–water partition coefficient (Wildman–Crippen LogP) is 3.08. The largest absolute Gasteiger partial charge is 0.380 e. The molecule has 21 heavy (non-hydrogen) atoms. The third kappa shape index (κ3) is 4.14. The minimum Gasteiger partial charge on any atom is -0.380 e. The summed E-state index contributed by atoms with van der Waals surface area (Å²) >= 11 is 0. The van der Waals surface area contributed by atoms with Gasteiger partial charge in [-0.3, -0.25) is 0 Å². The predicted molar refractivity (Wildman–Crippen MR) is 80.6 cm³/mol. The minimum absolute atomic E-state index is 0.0449. The standard InChI is InChI=1S/C16H24F2N2O/c1-3-6-19-10-12-8-14(17)16(15(18)9-12)20-7-4-5-13(11-20)21-2/h8-9,13,19H,3-7,10-11H2,1-2H3. The molecule has 0 aromatic heterocycles. The molecule has 1 aromatic carbocycles. The van der Waals surface area contributed by atoms with Crippen LogP contribution >= 0.6 is 0 Å². The van der Waals surface area contributed by atoms with Gasteiger partial charge in [0, 0.05) is 26.7 Å². The summed E-state index contributed by atoms with van der Waals surface area (Å²) in [6.45, 7) is 4.59. The van der Waals surface area contributed by atoms with Gasteiger partial charge >= 0.3 is 0 Å². The van der Waals surface area contributed by atoms with Gasteiger partial charge in [-0.25, -0.2) is 8.78 Å². The van der Waals surface area contributed by atoms with Crippen molar-refractivity contribution in [3.63, 3.8) is 0 Å². The van der Waals surface area contributed by atoms with Crippen LogP contribution in [0.3, 0.4) is 0 Å². The monoisotopic (exact) mass is 298 g/mol. The van der Waals surface area contributed by atoms with Crippen LogP contribution in [-0.4, -0.2) is 32.8 Å². The molecule has 1 saturated heterocycles. The molecule has 0 aliphatic carbocycles. The first-order chi connectivity index (χ1) is 10.2. The first-order valence-corrected chi connectivity index (χ1v) is 7.62. The first kappa shape index (κ1) is 16.2. The number of piperidine rings is 1. The van der Waals surface area contributed by atoms with E-state index in [0.29, 0.717) is 25.2 Å². The van der Waals surface area contributed by atoms with Crippen LogP contribution in [0.15, 0.2) is 12.1 Å². The topological polar surface area (TPSA) is 24.5 Å². The Bertz CT molecular complexity index is 445. The molecule has 1 aliphatic heterocycles. The Morgan fingerprint density at radius 2 is 2.05 bits per heavy atom. The molecule has 118 valence electrons. The molecule has 0 bridgehead atoms. The molecule has 1 atom stereocenters. The molecular formula is C16H24F2N2O. The average Bonchev–Trinajstić information content (AvgIpc) is 2.47. The van der Waals surface area contributed by atoms with Crippen molar-refractivity contribution in [2.45, 2.75) is 38.8 Å². The zero-order valence-electron chi connectivity index (χ0n) is 12.8. The maximum Gasteiger partial charge on any atom is 0.149 e. The summed E-state index contributed by atoms with van der Waals surface area (Å²) in [7, 11) is 1.64. The van der Waals surface area contributed by atoms with Crippen molar-refractivity contribution in [3.05, 3.63) is 29.3 Å². The van der Waals surface area contributed by atoms with Gasteiger partial charge in [0.05, 0.1) is 6.10 Å². The van der Waals surface area contributed by atoms with Crippen molar-refractivity contribution in [1.82, 2.24) is 5.32 Å². The Morgan fingerprint density at radius 1 is 1.33 bits per heavy atom. The lowest BCUT2D eigenvalue weighted by Crippen LogP contribution is -2.40. The number of nitrogens with zero attached hydrogens (tertiary/aromatic N) is 1. The number of hydrogen-bond donors (Lipinski definition) is 1. The van der Waals surface area contributed by atoms with Gasteiger partial charge in [-0.15, -0.1) is 0 Å². The number of ether oxygens (including phenoxy) is 1. The average molecular weight is 298 g/mol. The third-order valence-electron chi connectivity index (χ3n) is 3.86. The molecule has 1 aliphatic rings. The molecule has 0 spiro atoms. The van der Waals surface area contributed by atoms with Gasteiger partial charge in [-0.2, -0.15) is 0 Å². The van der Waals surface area contributed by atoms with Gasteiger partial charge in [0.1, 0.15) is 17.3 Å². The van der Waals surface area contributed by atoms with E-state index >= 15 is 0 Å². The summed E-state index contributed by atoms with van der Waals surface area (Å²) < 4.78 is 33.9. The highest BCUT2D eigenvalue weighted by Gasteiger charge is 2.24. The van der Waals surface area contributed by atoms with E-state index in [1.807, 2.05) is 0 Å². The lowest BCUT2D eigenvalue weighted by Gasteiger charge is -2.34. The van der Waals surface area contributed by atoms with Crippen LogP contribution in [0.2, 0.25) is 0 Å². The van der Waals surface area contributed by atoms with Crippen molar-refractivity contribution in [2.24, 2.45) is 0 Å². The fraction of sp³-hybridized carbons (Fsp3) is 0.625. The summed E-state index contributed by atoms with van der Waals surface area (Å²) in [5.74, 6) is -0.972. The maximum atomic E-state index is 14.3. The number of anilines is 1. The zero-order chi connectivity index (χ0) is 15.2. The van der Waals surface area contributed by atoms with Crippen LogP contribution in [0.25, 0.3) is 0 Å². The highest BCUT2D eigenvalue weighted by Crippen LogP contribution is 2.28. The van der Waals surface area contributed by atoms with Gasteiger partial charge < -0.3 is 15.0 Å². The van der Waals surface area contributed by atoms with E-state index in [4.69, 9.17) is 4.74 Å². The molecule has 1 heterocycles. The van der Waals surface area contributed by atoms with Crippen LogP contribution in [0.4, 0.5) is 14.5 Å². The van der Waals surface area contributed by atoms with Crippen LogP contribution in [0.1, 0.15) is 31.7 Å². The second-order valence-corrected chi connectivity index (χ2v) is 5.53. The van der Waals surface area contributed by atoms with Gasteiger partial charge in [-0.1, -0.05) is 6.92 Å². The number of rotatable bonds is 6. The third-order valence-corrected chi connectivity index (χ3v) is 3.86. The second-order valence-electron chi connectivity index (χ2n) is 5.53. The molecule has 1 unspecified atom stereocenters. The first-order valence-electron chi connectivity index (χ1n) is 7.62. The van der Waals surface area contributed by atoms with Gasteiger partial charge in [-0.05, 0) is 43.5 Å².